The van der Waals surface area contributed by atoms with Gasteiger partial charge in [0.1, 0.15) is 12.6 Å². The smallest absolute Gasteiger partial charge is 0.244 e. The number of hydrogen-bond donors (Lipinski definition) is 1. The number of halogens is 1. The summed E-state index contributed by atoms with van der Waals surface area (Å²) in [6.45, 7) is 10.6. The molecule has 0 unspecified atom stereocenters. The Morgan fingerprint density at radius 1 is 1.09 bits per heavy atom. The number of rotatable bonds is 8. The van der Waals surface area contributed by atoms with Crippen LogP contribution in [0.5, 0.6) is 0 Å². The van der Waals surface area contributed by atoms with E-state index in [9.17, 15) is 18.0 Å². The summed E-state index contributed by atoms with van der Waals surface area (Å²) < 4.78 is 26.5. The second kappa shape index (κ2) is 10.8. The molecule has 1 atom stereocenters. The molecule has 0 saturated heterocycles. The summed E-state index contributed by atoms with van der Waals surface area (Å²) in [4.78, 5) is 27.9. The van der Waals surface area contributed by atoms with Crippen LogP contribution in [-0.2, 0) is 26.2 Å². The summed E-state index contributed by atoms with van der Waals surface area (Å²) in [6, 6.07) is 11.5. The molecule has 0 aliphatic rings. The molecular formula is C25H34ClN3O4S. The number of carbonyl (C=O) groups is 2. The third-order valence-corrected chi connectivity index (χ3v) is 6.79. The second-order valence-electron chi connectivity index (χ2n) is 9.56. The van der Waals surface area contributed by atoms with Crippen molar-refractivity contribution in [2.75, 3.05) is 17.1 Å². The lowest BCUT2D eigenvalue weighted by atomic mass is 10.1. The Kier molecular flexibility index (Phi) is 8.77. The van der Waals surface area contributed by atoms with E-state index in [-0.39, 0.29) is 12.5 Å². The van der Waals surface area contributed by atoms with Gasteiger partial charge in [0.15, 0.2) is 0 Å². The highest BCUT2D eigenvalue weighted by Crippen LogP contribution is 2.25. The molecule has 0 saturated carbocycles. The fourth-order valence-corrected chi connectivity index (χ4v) is 4.60. The van der Waals surface area contributed by atoms with Gasteiger partial charge in [-0.25, -0.2) is 8.42 Å². The predicted octanol–water partition coefficient (Wildman–Crippen LogP) is 4.05. The molecule has 7 nitrogen and oxygen atoms in total. The molecule has 34 heavy (non-hydrogen) atoms. The van der Waals surface area contributed by atoms with Gasteiger partial charge in [-0.3, -0.25) is 13.9 Å². The van der Waals surface area contributed by atoms with Crippen molar-refractivity contribution < 1.29 is 18.0 Å². The zero-order chi connectivity index (χ0) is 25.8. The third-order valence-electron chi connectivity index (χ3n) is 5.43. The van der Waals surface area contributed by atoms with E-state index in [1.807, 2.05) is 40.7 Å². The fraction of sp³-hybridized carbons (Fsp3) is 0.440. The van der Waals surface area contributed by atoms with Gasteiger partial charge in [0.05, 0.1) is 11.9 Å². The number of amides is 2. The van der Waals surface area contributed by atoms with Crippen molar-refractivity contribution in [3.63, 3.8) is 0 Å². The molecular weight excluding hydrogens is 474 g/mol. The predicted molar refractivity (Wildman–Crippen MR) is 137 cm³/mol. The van der Waals surface area contributed by atoms with Crippen LogP contribution in [0.4, 0.5) is 5.69 Å². The highest BCUT2D eigenvalue weighted by atomic mass is 35.5. The van der Waals surface area contributed by atoms with Crippen molar-refractivity contribution >= 4 is 39.1 Å². The average molecular weight is 508 g/mol. The van der Waals surface area contributed by atoms with Gasteiger partial charge in [-0.1, -0.05) is 35.9 Å². The molecule has 186 valence electrons. The summed E-state index contributed by atoms with van der Waals surface area (Å²) in [5.74, 6) is -0.830. The summed E-state index contributed by atoms with van der Waals surface area (Å²) in [7, 11) is -3.78. The molecule has 2 aromatic rings. The van der Waals surface area contributed by atoms with Gasteiger partial charge in [-0.15, -0.1) is 0 Å². The van der Waals surface area contributed by atoms with Crippen LogP contribution in [0.15, 0.2) is 42.5 Å². The lowest BCUT2D eigenvalue weighted by molar-refractivity contribution is -0.140. The highest BCUT2D eigenvalue weighted by molar-refractivity contribution is 7.92. The van der Waals surface area contributed by atoms with Gasteiger partial charge < -0.3 is 10.2 Å². The molecule has 0 aliphatic heterocycles. The third kappa shape index (κ3) is 7.46. The van der Waals surface area contributed by atoms with E-state index < -0.39 is 34.1 Å². The van der Waals surface area contributed by atoms with Crippen molar-refractivity contribution in [2.45, 2.75) is 59.7 Å². The molecule has 2 amide bonds. The average Bonchev–Trinajstić information content (AvgIpc) is 2.70. The van der Waals surface area contributed by atoms with E-state index in [0.717, 1.165) is 27.3 Å². The summed E-state index contributed by atoms with van der Waals surface area (Å²) in [5.41, 5.74) is 2.35. The Hall–Kier alpha value is -2.58. The van der Waals surface area contributed by atoms with Gasteiger partial charge in [-0.05, 0) is 76.4 Å². The maximum absolute atomic E-state index is 13.6. The lowest BCUT2D eigenvalue weighted by Crippen LogP contribution is -2.54. The molecule has 0 bridgehead atoms. The molecule has 9 heteroatoms. The molecule has 0 spiro atoms. The van der Waals surface area contributed by atoms with Crippen LogP contribution in [0.2, 0.25) is 5.02 Å². The zero-order valence-electron chi connectivity index (χ0n) is 20.8. The van der Waals surface area contributed by atoms with Crippen molar-refractivity contribution in [1.82, 2.24) is 10.2 Å². The van der Waals surface area contributed by atoms with Gasteiger partial charge in [0, 0.05) is 17.1 Å². The normalized spacial score (nSPS) is 12.7. The van der Waals surface area contributed by atoms with Crippen LogP contribution >= 0.6 is 11.6 Å². The number of aryl methyl sites for hydroxylation is 1. The maximum Gasteiger partial charge on any atom is 0.244 e. The number of carbonyl (C=O) groups excluding carboxylic acids is 2. The van der Waals surface area contributed by atoms with Gasteiger partial charge >= 0.3 is 0 Å². The molecule has 0 radical (unpaired) electrons. The molecule has 2 aromatic carbocycles. The molecule has 0 aliphatic carbocycles. The maximum atomic E-state index is 13.6. The number of nitrogens with one attached hydrogen (secondary N) is 1. The quantitative estimate of drug-likeness (QED) is 0.583. The first-order chi connectivity index (χ1) is 15.6. The largest absolute Gasteiger partial charge is 0.350 e. The fourth-order valence-electron chi connectivity index (χ4n) is 3.49. The van der Waals surface area contributed by atoms with E-state index >= 15 is 0 Å². The first kappa shape index (κ1) is 27.7. The topological polar surface area (TPSA) is 86.8 Å². The van der Waals surface area contributed by atoms with Crippen LogP contribution in [-0.4, -0.2) is 49.5 Å². The van der Waals surface area contributed by atoms with Crippen molar-refractivity contribution in [3.05, 3.63) is 64.2 Å². The molecule has 0 heterocycles. The number of hydrogen-bond acceptors (Lipinski definition) is 4. The Morgan fingerprint density at radius 2 is 1.71 bits per heavy atom. The molecule has 0 fully saturated rings. The summed E-state index contributed by atoms with van der Waals surface area (Å²) >= 11 is 6.12. The van der Waals surface area contributed by atoms with Crippen molar-refractivity contribution in [1.29, 1.82) is 0 Å². The zero-order valence-corrected chi connectivity index (χ0v) is 22.4. The minimum atomic E-state index is -3.78. The molecule has 0 aromatic heterocycles. The van der Waals surface area contributed by atoms with E-state index in [4.69, 9.17) is 11.6 Å². The van der Waals surface area contributed by atoms with Crippen LogP contribution in [0.25, 0.3) is 0 Å². The highest BCUT2D eigenvalue weighted by Gasteiger charge is 2.31. The van der Waals surface area contributed by atoms with Crippen LogP contribution in [0.3, 0.4) is 0 Å². The SMILES string of the molecule is Cc1cccc(N(CC(=O)N(Cc2cccc(Cl)c2)[C@@H](C)C(=O)NC(C)(C)C)S(C)(=O)=O)c1C. The van der Waals surface area contributed by atoms with E-state index in [1.54, 1.807) is 43.3 Å². The minimum absolute atomic E-state index is 0.0997. The van der Waals surface area contributed by atoms with Crippen molar-refractivity contribution in [2.24, 2.45) is 0 Å². The summed E-state index contributed by atoms with van der Waals surface area (Å²) in [5, 5.41) is 3.40. The first-order valence-electron chi connectivity index (χ1n) is 11.0. The Morgan fingerprint density at radius 3 is 2.26 bits per heavy atom. The van der Waals surface area contributed by atoms with Crippen LogP contribution in [0.1, 0.15) is 44.4 Å². The number of sulfonamides is 1. The molecule has 2 rings (SSSR count). The van der Waals surface area contributed by atoms with E-state index in [0.29, 0.717) is 10.7 Å². The van der Waals surface area contributed by atoms with Gasteiger partial charge in [0.25, 0.3) is 0 Å². The Labute approximate surface area is 208 Å². The lowest BCUT2D eigenvalue weighted by Gasteiger charge is -2.33. The number of benzene rings is 2. The van der Waals surface area contributed by atoms with Gasteiger partial charge in [-0.2, -0.15) is 0 Å². The number of nitrogens with zero attached hydrogens (tertiary/aromatic N) is 2. The number of anilines is 1. The Bertz CT molecular complexity index is 1160. The Balaban J connectivity index is 2.45. The minimum Gasteiger partial charge on any atom is -0.350 e. The first-order valence-corrected chi connectivity index (χ1v) is 13.2. The van der Waals surface area contributed by atoms with Crippen LogP contribution in [0, 0.1) is 13.8 Å². The van der Waals surface area contributed by atoms with Crippen LogP contribution < -0.4 is 9.62 Å². The van der Waals surface area contributed by atoms with E-state index in [2.05, 4.69) is 5.32 Å². The summed E-state index contributed by atoms with van der Waals surface area (Å²) in [6.07, 6.45) is 1.07. The monoisotopic (exact) mass is 507 g/mol. The van der Waals surface area contributed by atoms with Gasteiger partial charge in [0.2, 0.25) is 21.8 Å². The standard InChI is InChI=1S/C25H34ClN3O4S/c1-17-10-8-13-22(18(17)2)29(34(7,32)33)16-23(30)28(15-20-11-9-12-21(26)14-20)19(3)24(31)27-25(4,5)6/h8-14,19H,15-16H2,1-7H3,(H,27,31)/t19-/m0/s1. The van der Waals surface area contributed by atoms with E-state index in [1.165, 1.54) is 4.90 Å². The van der Waals surface area contributed by atoms with Crippen molar-refractivity contribution in [3.8, 4) is 0 Å². The molecule has 1 N–H and O–H groups in total. The second-order valence-corrected chi connectivity index (χ2v) is 11.9.